The summed E-state index contributed by atoms with van der Waals surface area (Å²) in [6, 6.07) is 4.54. The van der Waals surface area contributed by atoms with E-state index in [1.165, 1.54) is 0 Å². The van der Waals surface area contributed by atoms with Gasteiger partial charge in [-0.1, -0.05) is 23.8 Å². The lowest BCUT2D eigenvalue weighted by molar-refractivity contribution is -0.139. The number of hydrogen-bond donors (Lipinski definition) is 3. The van der Waals surface area contributed by atoms with Crippen LogP contribution in [0.5, 0.6) is 0 Å². The van der Waals surface area contributed by atoms with Crippen LogP contribution in [-0.4, -0.2) is 24.2 Å². The molecule has 2 atom stereocenters. The fourth-order valence-corrected chi connectivity index (χ4v) is 1.84. The summed E-state index contributed by atoms with van der Waals surface area (Å²) in [6.45, 7) is 3.94. The standard InChI is InChI=1S/C12H18N2O2/c1-7-4-5-9(8(2)6-7)10(13)11(14-3)12(15)16/h4-6,10-11,14H,13H2,1-3H3,(H,15,16). The fraction of sp³-hybridized carbons (Fsp3) is 0.417. The molecule has 0 bridgehead atoms. The summed E-state index contributed by atoms with van der Waals surface area (Å²) in [5, 5.41) is 11.7. The maximum atomic E-state index is 11.0. The minimum absolute atomic E-state index is 0.539. The van der Waals surface area contributed by atoms with Crippen LogP contribution in [0.1, 0.15) is 22.7 Å². The highest BCUT2D eigenvalue weighted by molar-refractivity contribution is 5.75. The second-order valence-electron chi connectivity index (χ2n) is 3.99. The predicted octanol–water partition coefficient (Wildman–Crippen LogP) is 0.976. The van der Waals surface area contributed by atoms with Gasteiger partial charge in [0.15, 0.2) is 0 Å². The van der Waals surface area contributed by atoms with Crippen molar-refractivity contribution in [1.29, 1.82) is 0 Å². The lowest BCUT2D eigenvalue weighted by Gasteiger charge is -2.21. The molecule has 16 heavy (non-hydrogen) atoms. The average Bonchev–Trinajstić information content (AvgIpc) is 2.17. The van der Waals surface area contributed by atoms with Crippen LogP contribution in [0.4, 0.5) is 0 Å². The molecule has 0 aromatic heterocycles. The van der Waals surface area contributed by atoms with Crippen molar-refractivity contribution in [2.45, 2.75) is 25.9 Å². The minimum Gasteiger partial charge on any atom is -0.480 e. The molecular weight excluding hydrogens is 204 g/mol. The van der Waals surface area contributed by atoms with E-state index < -0.39 is 18.1 Å². The largest absolute Gasteiger partial charge is 0.480 e. The molecule has 4 nitrogen and oxygen atoms in total. The predicted molar refractivity (Wildman–Crippen MR) is 63.3 cm³/mol. The van der Waals surface area contributed by atoms with Gasteiger partial charge in [-0.15, -0.1) is 0 Å². The van der Waals surface area contributed by atoms with Gasteiger partial charge < -0.3 is 16.2 Å². The molecule has 0 aliphatic rings. The molecule has 0 amide bonds. The quantitative estimate of drug-likeness (QED) is 0.709. The van der Waals surface area contributed by atoms with Crippen molar-refractivity contribution in [2.24, 2.45) is 5.73 Å². The number of carbonyl (C=O) groups is 1. The fourth-order valence-electron chi connectivity index (χ4n) is 1.84. The van der Waals surface area contributed by atoms with Crippen molar-refractivity contribution in [1.82, 2.24) is 5.32 Å². The van der Waals surface area contributed by atoms with Gasteiger partial charge in [0.05, 0.1) is 6.04 Å². The van der Waals surface area contributed by atoms with Gasteiger partial charge in [0.1, 0.15) is 6.04 Å². The van der Waals surface area contributed by atoms with Crippen LogP contribution in [0, 0.1) is 13.8 Å². The molecule has 0 spiro atoms. The molecule has 1 rings (SSSR count). The zero-order chi connectivity index (χ0) is 12.3. The van der Waals surface area contributed by atoms with Crippen molar-refractivity contribution in [3.63, 3.8) is 0 Å². The van der Waals surface area contributed by atoms with Crippen LogP contribution >= 0.6 is 0 Å². The summed E-state index contributed by atoms with van der Waals surface area (Å²) in [7, 11) is 1.60. The van der Waals surface area contributed by atoms with Crippen molar-refractivity contribution in [3.8, 4) is 0 Å². The number of likely N-dealkylation sites (N-methyl/N-ethyl adjacent to an activating group) is 1. The average molecular weight is 222 g/mol. The van der Waals surface area contributed by atoms with Gasteiger partial charge in [-0.3, -0.25) is 4.79 Å². The van der Waals surface area contributed by atoms with Gasteiger partial charge in [-0.2, -0.15) is 0 Å². The molecule has 1 aromatic carbocycles. The van der Waals surface area contributed by atoms with Gasteiger partial charge in [0, 0.05) is 0 Å². The summed E-state index contributed by atoms with van der Waals surface area (Å²) in [6.07, 6.45) is 0. The second-order valence-corrected chi connectivity index (χ2v) is 3.99. The van der Waals surface area contributed by atoms with E-state index >= 15 is 0 Å². The van der Waals surface area contributed by atoms with E-state index in [9.17, 15) is 4.79 Å². The first-order chi connectivity index (χ1) is 7.47. The third kappa shape index (κ3) is 2.59. The van der Waals surface area contributed by atoms with Crippen LogP contribution in [0.15, 0.2) is 18.2 Å². The first-order valence-corrected chi connectivity index (χ1v) is 5.20. The number of rotatable bonds is 4. The smallest absolute Gasteiger partial charge is 0.322 e. The van der Waals surface area contributed by atoms with Crippen molar-refractivity contribution in [2.75, 3.05) is 7.05 Å². The Morgan fingerprint density at radius 3 is 2.50 bits per heavy atom. The van der Waals surface area contributed by atoms with Crippen LogP contribution in [-0.2, 0) is 4.79 Å². The summed E-state index contributed by atoms with van der Waals surface area (Å²) in [5.74, 6) is -0.935. The number of nitrogens with two attached hydrogens (primary N) is 1. The van der Waals surface area contributed by atoms with Gasteiger partial charge in [0.2, 0.25) is 0 Å². The summed E-state index contributed by atoms with van der Waals surface area (Å²) in [4.78, 5) is 11.0. The second kappa shape index (κ2) is 5.09. The van der Waals surface area contributed by atoms with Gasteiger partial charge in [-0.05, 0) is 32.0 Å². The summed E-state index contributed by atoms with van der Waals surface area (Å²) < 4.78 is 0. The molecule has 0 radical (unpaired) electrons. The molecule has 0 saturated heterocycles. The number of carboxylic acid groups (broad SMARTS) is 1. The monoisotopic (exact) mass is 222 g/mol. The molecule has 0 heterocycles. The van der Waals surface area contributed by atoms with Crippen molar-refractivity contribution in [3.05, 3.63) is 34.9 Å². The maximum absolute atomic E-state index is 11.0. The molecule has 0 aliphatic carbocycles. The summed E-state index contributed by atoms with van der Waals surface area (Å²) >= 11 is 0. The normalized spacial score (nSPS) is 14.5. The number of aliphatic carboxylic acids is 1. The SMILES string of the molecule is CNC(C(=O)O)C(N)c1ccc(C)cc1C. The molecule has 0 aliphatic heterocycles. The van der Waals surface area contributed by atoms with E-state index in [1.807, 2.05) is 32.0 Å². The molecule has 1 aromatic rings. The van der Waals surface area contributed by atoms with Gasteiger partial charge in [-0.25, -0.2) is 0 Å². The minimum atomic E-state index is -0.935. The number of nitrogens with one attached hydrogen (secondary N) is 1. The zero-order valence-corrected chi connectivity index (χ0v) is 9.82. The molecule has 0 fully saturated rings. The Bertz CT molecular complexity index is 391. The van der Waals surface area contributed by atoms with E-state index in [4.69, 9.17) is 10.8 Å². The highest BCUT2D eigenvalue weighted by atomic mass is 16.4. The maximum Gasteiger partial charge on any atom is 0.322 e. The van der Waals surface area contributed by atoms with E-state index in [-0.39, 0.29) is 0 Å². The van der Waals surface area contributed by atoms with E-state index in [0.29, 0.717) is 0 Å². The third-order valence-corrected chi connectivity index (χ3v) is 2.72. The Balaban J connectivity index is 3.03. The van der Waals surface area contributed by atoms with E-state index in [2.05, 4.69) is 5.32 Å². The Labute approximate surface area is 95.5 Å². The molecule has 88 valence electrons. The molecule has 4 N–H and O–H groups in total. The molecule has 4 heteroatoms. The Hall–Kier alpha value is -1.39. The van der Waals surface area contributed by atoms with E-state index in [0.717, 1.165) is 16.7 Å². The first-order valence-electron chi connectivity index (χ1n) is 5.20. The number of carboxylic acids is 1. The first kappa shape index (κ1) is 12.7. The third-order valence-electron chi connectivity index (χ3n) is 2.72. The molecule has 2 unspecified atom stereocenters. The van der Waals surface area contributed by atoms with Gasteiger partial charge in [0.25, 0.3) is 0 Å². The Morgan fingerprint density at radius 2 is 2.06 bits per heavy atom. The van der Waals surface area contributed by atoms with Crippen LogP contribution < -0.4 is 11.1 Å². The van der Waals surface area contributed by atoms with Crippen LogP contribution in [0.25, 0.3) is 0 Å². The van der Waals surface area contributed by atoms with Crippen molar-refractivity contribution >= 4 is 5.97 Å². The van der Waals surface area contributed by atoms with Crippen LogP contribution in [0.2, 0.25) is 0 Å². The number of benzene rings is 1. The van der Waals surface area contributed by atoms with E-state index in [1.54, 1.807) is 7.05 Å². The summed E-state index contributed by atoms with van der Waals surface area (Å²) in [5.41, 5.74) is 8.99. The highest BCUT2D eigenvalue weighted by Crippen LogP contribution is 2.19. The van der Waals surface area contributed by atoms with Crippen LogP contribution in [0.3, 0.4) is 0 Å². The Kier molecular flexibility index (Phi) is 4.04. The zero-order valence-electron chi connectivity index (χ0n) is 9.82. The lowest BCUT2D eigenvalue weighted by atomic mass is 9.95. The molecule has 0 saturated carbocycles. The Morgan fingerprint density at radius 1 is 1.44 bits per heavy atom. The molecular formula is C12H18N2O2. The lowest BCUT2D eigenvalue weighted by Crippen LogP contribution is -2.43. The van der Waals surface area contributed by atoms with Gasteiger partial charge >= 0.3 is 5.97 Å². The highest BCUT2D eigenvalue weighted by Gasteiger charge is 2.25. The topological polar surface area (TPSA) is 75.3 Å². The van der Waals surface area contributed by atoms with Crippen molar-refractivity contribution < 1.29 is 9.90 Å². The number of hydrogen-bond acceptors (Lipinski definition) is 3. The number of aryl methyl sites for hydroxylation is 2.